The Balaban J connectivity index is 1.93. The fraction of sp³-hybridized carbons (Fsp3) is 0.278. The summed E-state index contributed by atoms with van der Waals surface area (Å²) in [5.41, 5.74) is 2.33. The van der Waals surface area contributed by atoms with Crippen LogP contribution in [0.25, 0.3) is 0 Å². The van der Waals surface area contributed by atoms with Crippen LogP contribution in [-0.2, 0) is 4.79 Å². The van der Waals surface area contributed by atoms with E-state index in [0.29, 0.717) is 5.02 Å². The number of hydrogen-bond donors (Lipinski definition) is 1. The summed E-state index contributed by atoms with van der Waals surface area (Å²) in [4.78, 5) is 13.3. The normalized spacial score (nSPS) is 13.5. The van der Waals surface area contributed by atoms with E-state index in [2.05, 4.69) is 36.5 Å². The first-order valence-corrected chi connectivity index (χ1v) is 8.50. The van der Waals surface area contributed by atoms with Gasteiger partial charge in [0, 0.05) is 9.92 Å². The second-order valence-corrected chi connectivity index (χ2v) is 7.21. The molecule has 0 radical (unpaired) electrons. The standard InChI is InChI=1S/C18H20ClNOS/c1-12-4-6-15(7-5-12)13(2)20-18(21)14(3)22-17-10-8-16(19)9-11-17/h4-11,13-14H,1-3H3,(H,20,21)/t13-,14+/m0/s1. The molecule has 4 heteroatoms. The zero-order valence-corrected chi connectivity index (χ0v) is 14.5. The smallest absolute Gasteiger partial charge is 0.233 e. The van der Waals surface area contributed by atoms with Gasteiger partial charge in [0.1, 0.15) is 0 Å². The number of benzene rings is 2. The lowest BCUT2D eigenvalue weighted by molar-refractivity contribution is -0.120. The number of nitrogens with one attached hydrogen (secondary N) is 1. The Morgan fingerprint density at radius 3 is 2.23 bits per heavy atom. The molecule has 0 aliphatic heterocycles. The van der Waals surface area contributed by atoms with Crippen LogP contribution >= 0.6 is 23.4 Å². The average molecular weight is 334 g/mol. The molecule has 2 aromatic rings. The van der Waals surface area contributed by atoms with E-state index in [0.717, 1.165) is 10.5 Å². The van der Waals surface area contributed by atoms with Gasteiger partial charge in [-0.15, -0.1) is 11.8 Å². The summed E-state index contributed by atoms with van der Waals surface area (Å²) in [6, 6.07) is 15.8. The lowest BCUT2D eigenvalue weighted by atomic mass is 10.1. The summed E-state index contributed by atoms with van der Waals surface area (Å²) in [5.74, 6) is 0.0352. The molecule has 2 atom stereocenters. The van der Waals surface area contributed by atoms with Gasteiger partial charge in [-0.2, -0.15) is 0 Å². The Morgan fingerprint density at radius 2 is 1.64 bits per heavy atom. The number of carbonyl (C=O) groups is 1. The van der Waals surface area contributed by atoms with Gasteiger partial charge in [-0.05, 0) is 50.6 Å². The van der Waals surface area contributed by atoms with E-state index in [4.69, 9.17) is 11.6 Å². The maximum Gasteiger partial charge on any atom is 0.233 e. The van der Waals surface area contributed by atoms with Crippen LogP contribution in [0.1, 0.15) is 31.0 Å². The van der Waals surface area contributed by atoms with Crippen molar-refractivity contribution in [3.63, 3.8) is 0 Å². The Bertz CT molecular complexity index is 625. The summed E-state index contributed by atoms with van der Waals surface area (Å²) in [6.45, 7) is 5.97. The third-order valence-corrected chi connectivity index (χ3v) is 4.80. The maximum absolute atomic E-state index is 12.3. The Kier molecular flexibility index (Phi) is 5.92. The highest BCUT2D eigenvalue weighted by Gasteiger charge is 2.17. The van der Waals surface area contributed by atoms with Crippen LogP contribution in [0, 0.1) is 6.92 Å². The van der Waals surface area contributed by atoms with Crippen molar-refractivity contribution in [1.82, 2.24) is 5.32 Å². The van der Waals surface area contributed by atoms with Gasteiger partial charge in [0.05, 0.1) is 11.3 Å². The van der Waals surface area contributed by atoms with Crippen molar-refractivity contribution >= 4 is 29.3 Å². The van der Waals surface area contributed by atoms with Crippen LogP contribution < -0.4 is 5.32 Å². The number of rotatable bonds is 5. The molecule has 116 valence electrons. The van der Waals surface area contributed by atoms with E-state index >= 15 is 0 Å². The number of amides is 1. The molecule has 0 bridgehead atoms. The molecule has 0 aliphatic rings. The van der Waals surface area contributed by atoms with Crippen molar-refractivity contribution in [2.24, 2.45) is 0 Å². The van der Waals surface area contributed by atoms with E-state index in [9.17, 15) is 4.79 Å². The lowest BCUT2D eigenvalue weighted by Gasteiger charge is -2.18. The van der Waals surface area contributed by atoms with Gasteiger partial charge in [0.15, 0.2) is 0 Å². The van der Waals surface area contributed by atoms with Gasteiger partial charge in [0.2, 0.25) is 5.91 Å². The zero-order valence-electron chi connectivity index (χ0n) is 13.0. The van der Waals surface area contributed by atoms with Crippen LogP contribution in [0.2, 0.25) is 5.02 Å². The first-order valence-electron chi connectivity index (χ1n) is 7.25. The van der Waals surface area contributed by atoms with Crippen LogP contribution in [0.3, 0.4) is 0 Å². The minimum Gasteiger partial charge on any atom is -0.349 e. The van der Waals surface area contributed by atoms with E-state index in [1.165, 1.54) is 17.3 Å². The summed E-state index contributed by atoms with van der Waals surface area (Å²) < 4.78 is 0. The summed E-state index contributed by atoms with van der Waals surface area (Å²) in [5, 5.41) is 3.61. The number of halogens is 1. The summed E-state index contributed by atoms with van der Waals surface area (Å²) in [7, 11) is 0. The van der Waals surface area contributed by atoms with Crippen LogP contribution in [0.5, 0.6) is 0 Å². The molecule has 0 aromatic heterocycles. The second kappa shape index (κ2) is 7.70. The molecule has 0 saturated heterocycles. The monoisotopic (exact) mass is 333 g/mol. The highest BCUT2D eigenvalue weighted by molar-refractivity contribution is 8.00. The van der Waals surface area contributed by atoms with Crippen LogP contribution in [-0.4, -0.2) is 11.2 Å². The lowest BCUT2D eigenvalue weighted by Crippen LogP contribution is -2.33. The molecule has 0 unspecified atom stereocenters. The minimum atomic E-state index is -0.158. The number of aryl methyl sites for hydroxylation is 1. The molecule has 0 saturated carbocycles. The molecule has 0 fully saturated rings. The highest BCUT2D eigenvalue weighted by atomic mass is 35.5. The van der Waals surface area contributed by atoms with Crippen molar-refractivity contribution in [1.29, 1.82) is 0 Å². The third-order valence-electron chi connectivity index (χ3n) is 3.43. The molecule has 22 heavy (non-hydrogen) atoms. The highest BCUT2D eigenvalue weighted by Crippen LogP contribution is 2.25. The van der Waals surface area contributed by atoms with Gasteiger partial charge < -0.3 is 5.32 Å². The predicted molar refractivity (Wildman–Crippen MR) is 94.5 cm³/mol. The Hall–Kier alpha value is -1.45. The van der Waals surface area contributed by atoms with Crippen molar-refractivity contribution in [2.75, 3.05) is 0 Å². The number of carbonyl (C=O) groups excluding carboxylic acids is 1. The molecule has 2 aromatic carbocycles. The van der Waals surface area contributed by atoms with Gasteiger partial charge in [-0.1, -0.05) is 41.4 Å². The van der Waals surface area contributed by atoms with Gasteiger partial charge in [-0.3, -0.25) is 4.79 Å². The zero-order chi connectivity index (χ0) is 16.1. The molecular formula is C18H20ClNOS. The minimum absolute atomic E-state index is 0.00127. The Morgan fingerprint density at radius 1 is 1.05 bits per heavy atom. The largest absolute Gasteiger partial charge is 0.349 e. The van der Waals surface area contributed by atoms with Crippen molar-refractivity contribution in [3.05, 3.63) is 64.7 Å². The summed E-state index contributed by atoms with van der Waals surface area (Å²) in [6.07, 6.45) is 0. The molecule has 0 heterocycles. The second-order valence-electron chi connectivity index (χ2n) is 5.35. The molecule has 1 N–H and O–H groups in total. The number of hydrogen-bond acceptors (Lipinski definition) is 2. The molecule has 2 rings (SSSR count). The van der Waals surface area contributed by atoms with Gasteiger partial charge >= 0.3 is 0 Å². The first-order chi connectivity index (χ1) is 10.5. The first kappa shape index (κ1) is 16.9. The molecular weight excluding hydrogens is 314 g/mol. The summed E-state index contributed by atoms with van der Waals surface area (Å²) >= 11 is 7.40. The predicted octanol–water partition coefficient (Wildman–Crippen LogP) is 5.01. The molecule has 0 aliphatic carbocycles. The van der Waals surface area contributed by atoms with E-state index in [1.807, 2.05) is 38.1 Å². The van der Waals surface area contributed by atoms with Crippen molar-refractivity contribution in [2.45, 2.75) is 37.0 Å². The Labute approximate surface area is 141 Å². The van der Waals surface area contributed by atoms with Gasteiger partial charge in [0.25, 0.3) is 0 Å². The molecule has 1 amide bonds. The third kappa shape index (κ3) is 4.79. The number of thioether (sulfide) groups is 1. The van der Waals surface area contributed by atoms with Gasteiger partial charge in [-0.25, -0.2) is 0 Å². The van der Waals surface area contributed by atoms with Crippen molar-refractivity contribution in [3.8, 4) is 0 Å². The molecule has 2 nitrogen and oxygen atoms in total. The van der Waals surface area contributed by atoms with E-state index < -0.39 is 0 Å². The quantitative estimate of drug-likeness (QED) is 0.779. The molecule has 0 spiro atoms. The van der Waals surface area contributed by atoms with Crippen LogP contribution in [0.4, 0.5) is 0 Å². The average Bonchev–Trinajstić information content (AvgIpc) is 2.50. The fourth-order valence-corrected chi connectivity index (χ4v) is 3.04. The fourth-order valence-electron chi connectivity index (χ4n) is 2.04. The van der Waals surface area contributed by atoms with E-state index in [1.54, 1.807) is 0 Å². The topological polar surface area (TPSA) is 29.1 Å². The maximum atomic E-state index is 12.3. The van der Waals surface area contributed by atoms with Crippen molar-refractivity contribution < 1.29 is 4.79 Å². The SMILES string of the molecule is Cc1ccc([C@H](C)NC(=O)[C@@H](C)Sc2ccc(Cl)cc2)cc1. The van der Waals surface area contributed by atoms with E-state index in [-0.39, 0.29) is 17.2 Å². The van der Waals surface area contributed by atoms with Crippen LogP contribution in [0.15, 0.2) is 53.4 Å².